The van der Waals surface area contributed by atoms with Crippen LogP contribution in [0.3, 0.4) is 0 Å². The van der Waals surface area contributed by atoms with Crippen molar-refractivity contribution in [2.45, 2.75) is 52.7 Å². The van der Waals surface area contributed by atoms with Crippen LogP contribution in [0.25, 0.3) is 0 Å². The number of nitrogens with zero attached hydrogens (tertiary/aromatic N) is 2. The lowest BCUT2D eigenvalue weighted by atomic mass is 10.0. The van der Waals surface area contributed by atoms with Crippen molar-refractivity contribution in [3.63, 3.8) is 0 Å². The lowest BCUT2D eigenvalue weighted by Gasteiger charge is -2.34. The standard InChI is InChI=1S/C21H29N3O3/c1-5-16-7-9-17(10-8-16)19-13-24(11-12-26-19)21(25)22-18(6-2)20-14(3)23-27-15(20)4/h7-10,18-19H,5-6,11-13H2,1-4H3,(H,22,25). The Morgan fingerprint density at radius 1 is 1.30 bits per heavy atom. The van der Waals surface area contributed by atoms with Gasteiger partial charge in [0.2, 0.25) is 0 Å². The Balaban J connectivity index is 1.67. The van der Waals surface area contributed by atoms with Crippen molar-refractivity contribution in [2.75, 3.05) is 19.7 Å². The number of carbonyl (C=O) groups excluding carboxylic acids is 1. The molecule has 2 heterocycles. The molecule has 1 N–H and O–H groups in total. The first-order chi connectivity index (χ1) is 13.0. The van der Waals surface area contributed by atoms with Crippen LogP contribution >= 0.6 is 0 Å². The maximum atomic E-state index is 12.9. The number of hydrogen-bond donors (Lipinski definition) is 1. The summed E-state index contributed by atoms with van der Waals surface area (Å²) >= 11 is 0. The minimum atomic E-state index is -0.103. The zero-order valence-electron chi connectivity index (χ0n) is 16.6. The van der Waals surface area contributed by atoms with Crippen LogP contribution in [0.15, 0.2) is 28.8 Å². The summed E-state index contributed by atoms with van der Waals surface area (Å²) in [4.78, 5) is 14.7. The average molecular weight is 371 g/mol. The molecular weight excluding hydrogens is 342 g/mol. The molecule has 1 saturated heterocycles. The highest BCUT2D eigenvalue weighted by Crippen LogP contribution is 2.26. The molecule has 6 heteroatoms. The molecule has 2 unspecified atom stereocenters. The third kappa shape index (κ3) is 4.33. The molecule has 0 bridgehead atoms. The zero-order valence-corrected chi connectivity index (χ0v) is 16.6. The van der Waals surface area contributed by atoms with Crippen molar-refractivity contribution in [3.8, 4) is 0 Å². The highest BCUT2D eigenvalue weighted by molar-refractivity contribution is 5.75. The van der Waals surface area contributed by atoms with E-state index in [2.05, 4.69) is 41.7 Å². The van der Waals surface area contributed by atoms with Crippen LogP contribution in [0.5, 0.6) is 0 Å². The van der Waals surface area contributed by atoms with E-state index in [9.17, 15) is 4.79 Å². The van der Waals surface area contributed by atoms with Gasteiger partial charge in [0.05, 0.1) is 24.9 Å². The van der Waals surface area contributed by atoms with Gasteiger partial charge < -0.3 is 19.5 Å². The molecule has 2 amide bonds. The van der Waals surface area contributed by atoms with Gasteiger partial charge in [-0.05, 0) is 37.8 Å². The van der Waals surface area contributed by atoms with Gasteiger partial charge in [0.25, 0.3) is 0 Å². The predicted molar refractivity (Wildman–Crippen MR) is 104 cm³/mol. The summed E-state index contributed by atoms with van der Waals surface area (Å²) in [6.07, 6.45) is 1.70. The topological polar surface area (TPSA) is 67.6 Å². The van der Waals surface area contributed by atoms with Crippen molar-refractivity contribution in [3.05, 3.63) is 52.4 Å². The fourth-order valence-corrected chi connectivity index (χ4v) is 3.61. The molecule has 0 aliphatic carbocycles. The fraction of sp³-hybridized carbons (Fsp3) is 0.524. The van der Waals surface area contributed by atoms with Gasteiger partial charge in [-0.3, -0.25) is 0 Å². The summed E-state index contributed by atoms with van der Waals surface area (Å²) in [6, 6.07) is 8.28. The number of urea groups is 1. The second kappa shape index (κ2) is 8.57. The van der Waals surface area contributed by atoms with Gasteiger partial charge in [0.1, 0.15) is 11.9 Å². The Morgan fingerprint density at radius 3 is 2.63 bits per heavy atom. The molecule has 0 spiro atoms. The van der Waals surface area contributed by atoms with E-state index in [1.54, 1.807) is 0 Å². The van der Waals surface area contributed by atoms with Crippen molar-refractivity contribution in [2.24, 2.45) is 0 Å². The smallest absolute Gasteiger partial charge is 0.318 e. The number of aryl methyl sites for hydroxylation is 3. The van der Waals surface area contributed by atoms with Crippen LogP contribution in [-0.4, -0.2) is 35.8 Å². The highest BCUT2D eigenvalue weighted by Gasteiger charge is 2.28. The van der Waals surface area contributed by atoms with Crippen LogP contribution < -0.4 is 5.32 Å². The van der Waals surface area contributed by atoms with Gasteiger partial charge >= 0.3 is 6.03 Å². The maximum absolute atomic E-state index is 12.9. The van der Waals surface area contributed by atoms with Crippen LogP contribution in [0.1, 0.15) is 60.6 Å². The maximum Gasteiger partial charge on any atom is 0.318 e. The normalized spacial score (nSPS) is 18.4. The number of ether oxygens (including phenoxy) is 1. The van der Waals surface area contributed by atoms with E-state index >= 15 is 0 Å². The highest BCUT2D eigenvalue weighted by atomic mass is 16.5. The number of carbonyl (C=O) groups is 1. The lowest BCUT2D eigenvalue weighted by Crippen LogP contribution is -2.48. The Kier molecular flexibility index (Phi) is 6.16. The van der Waals surface area contributed by atoms with E-state index < -0.39 is 0 Å². The van der Waals surface area contributed by atoms with E-state index in [0.717, 1.165) is 35.4 Å². The number of aromatic nitrogens is 1. The third-order valence-corrected chi connectivity index (χ3v) is 5.26. The number of hydrogen-bond acceptors (Lipinski definition) is 4. The third-order valence-electron chi connectivity index (χ3n) is 5.26. The molecule has 6 nitrogen and oxygen atoms in total. The number of morpholine rings is 1. The van der Waals surface area contributed by atoms with Crippen molar-refractivity contribution in [1.82, 2.24) is 15.4 Å². The Hall–Kier alpha value is -2.34. The molecule has 2 aromatic rings. The monoisotopic (exact) mass is 371 g/mol. The Labute approximate surface area is 160 Å². The lowest BCUT2D eigenvalue weighted by molar-refractivity contribution is -0.0158. The Bertz CT molecular complexity index is 750. The molecule has 1 aromatic heterocycles. The summed E-state index contributed by atoms with van der Waals surface area (Å²) in [5.74, 6) is 0.760. The number of amides is 2. The van der Waals surface area contributed by atoms with Gasteiger partial charge in [-0.25, -0.2) is 4.79 Å². The van der Waals surface area contributed by atoms with Gasteiger partial charge in [-0.2, -0.15) is 0 Å². The minimum Gasteiger partial charge on any atom is -0.370 e. The first kappa shape index (κ1) is 19.4. The minimum absolute atomic E-state index is 0.0691. The van der Waals surface area contributed by atoms with Crippen LogP contribution in [0.4, 0.5) is 4.79 Å². The average Bonchev–Trinajstić information content (AvgIpc) is 3.04. The molecule has 146 valence electrons. The number of benzene rings is 1. The fourth-order valence-electron chi connectivity index (χ4n) is 3.61. The van der Waals surface area contributed by atoms with Gasteiger partial charge in [-0.15, -0.1) is 0 Å². The SMILES string of the molecule is CCc1ccc(C2CN(C(=O)NC(CC)c3c(C)noc3C)CCO2)cc1. The van der Waals surface area contributed by atoms with E-state index in [0.29, 0.717) is 19.7 Å². The van der Waals surface area contributed by atoms with E-state index in [1.807, 2.05) is 25.7 Å². The van der Waals surface area contributed by atoms with Gasteiger partial charge in [-0.1, -0.05) is 43.3 Å². The van der Waals surface area contributed by atoms with Crippen LogP contribution in [0, 0.1) is 13.8 Å². The first-order valence-electron chi connectivity index (χ1n) is 9.72. The molecule has 27 heavy (non-hydrogen) atoms. The molecular formula is C21H29N3O3. The molecule has 1 aliphatic heterocycles. The largest absolute Gasteiger partial charge is 0.370 e. The molecule has 0 saturated carbocycles. The van der Waals surface area contributed by atoms with Crippen molar-refractivity contribution in [1.29, 1.82) is 0 Å². The van der Waals surface area contributed by atoms with E-state index in [4.69, 9.17) is 9.26 Å². The molecule has 3 rings (SSSR count). The number of rotatable bonds is 5. The second-order valence-electron chi connectivity index (χ2n) is 7.05. The number of nitrogens with one attached hydrogen (secondary N) is 1. The summed E-state index contributed by atoms with van der Waals surface area (Å²) in [5.41, 5.74) is 4.22. The first-order valence-corrected chi connectivity index (χ1v) is 9.72. The summed E-state index contributed by atoms with van der Waals surface area (Å²) < 4.78 is 11.2. The molecule has 1 aliphatic rings. The van der Waals surface area contributed by atoms with E-state index in [-0.39, 0.29) is 18.2 Å². The molecule has 2 atom stereocenters. The molecule has 0 radical (unpaired) electrons. The molecule has 1 fully saturated rings. The van der Waals surface area contributed by atoms with E-state index in [1.165, 1.54) is 5.56 Å². The summed E-state index contributed by atoms with van der Waals surface area (Å²) in [6.45, 7) is 9.66. The second-order valence-corrected chi connectivity index (χ2v) is 7.05. The van der Waals surface area contributed by atoms with Gasteiger partial charge in [0.15, 0.2) is 0 Å². The van der Waals surface area contributed by atoms with Gasteiger partial charge in [0, 0.05) is 12.1 Å². The quantitative estimate of drug-likeness (QED) is 0.860. The summed E-state index contributed by atoms with van der Waals surface area (Å²) in [5, 5.41) is 7.15. The van der Waals surface area contributed by atoms with Crippen molar-refractivity contribution >= 4 is 6.03 Å². The van der Waals surface area contributed by atoms with Crippen LogP contribution in [-0.2, 0) is 11.2 Å². The van der Waals surface area contributed by atoms with Crippen molar-refractivity contribution < 1.29 is 14.1 Å². The predicted octanol–water partition coefficient (Wildman–Crippen LogP) is 4.09. The Morgan fingerprint density at radius 2 is 2.04 bits per heavy atom. The molecule has 1 aromatic carbocycles. The van der Waals surface area contributed by atoms with Crippen LogP contribution in [0.2, 0.25) is 0 Å². The summed E-state index contributed by atoms with van der Waals surface area (Å²) in [7, 11) is 0. The zero-order chi connectivity index (χ0) is 19.4.